The van der Waals surface area contributed by atoms with E-state index in [9.17, 15) is 5.11 Å². The van der Waals surface area contributed by atoms with Crippen LogP contribution >= 0.6 is 0 Å². The third-order valence-corrected chi connectivity index (χ3v) is 8.91. The molecule has 1 N–H and O–H groups in total. The minimum atomic E-state index is -0.672. The fraction of sp³-hybridized carbons (Fsp3) is 0.818. The van der Waals surface area contributed by atoms with Crippen LogP contribution in [0.5, 0.6) is 0 Å². The summed E-state index contributed by atoms with van der Waals surface area (Å²) in [6.07, 6.45) is 7.22. The summed E-state index contributed by atoms with van der Waals surface area (Å²) >= 11 is 0. The Bertz CT molecular complexity index is 740. The van der Waals surface area contributed by atoms with Crippen molar-refractivity contribution >= 4 is 0 Å². The molecule has 2 aliphatic heterocycles. The highest BCUT2D eigenvalue weighted by Crippen LogP contribution is 2.79. The van der Waals surface area contributed by atoms with Crippen molar-refractivity contribution in [1.29, 1.82) is 0 Å². The van der Waals surface area contributed by atoms with Gasteiger partial charge in [-0.3, -0.25) is 0 Å². The van der Waals surface area contributed by atoms with Crippen LogP contribution in [0.25, 0.3) is 0 Å². The molecule has 26 heavy (non-hydrogen) atoms. The van der Waals surface area contributed by atoms with Crippen LogP contribution in [0.2, 0.25) is 0 Å². The van der Waals surface area contributed by atoms with Gasteiger partial charge in [0.25, 0.3) is 0 Å². The van der Waals surface area contributed by atoms with E-state index < -0.39 is 12.1 Å². The second kappa shape index (κ2) is 4.48. The number of allylic oxidation sites excluding steroid dienone is 1. The van der Waals surface area contributed by atoms with Gasteiger partial charge in [0, 0.05) is 16.7 Å². The molecule has 0 aromatic carbocycles. The predicted octanol–water partition coefficient (Wildman–Crippen LogP) is 3.55. The van der Waals surface area contributed by atoms with Crippen molar-refractivity contribution in [3.63, 3.8) is 0 Å². The fourth-order valence-corrected chi connectivity index (χ4v) is 8.23. The quantitative estimate of drug-likeness (QED) is 0.719. The van der Waals surface area contributed by atoms with Crippen molar-refractivity contribution < 1.29 is 19.3 Å². The lowest BCUT2D eigenvalue weighted by atomic mass is 9.31. The molecule has 3 unspecified atom stereocenters. The monoisotopic (exact) mass is 358 g/mol. The molecule has 4 nitrogen and oxygen atoms in total. The standard InChI is InChI=1S/C22H30O4/c1-12-8-13-10-22-15(25-19(2,3)26-17(12)22)9-14-20(4)6-5-7-21(14,16(13)22)18(23)24-11-20/h8,14-18,23H,1,5-7,9-11H2,2-4H3/t14?,15-,16?,17+,18?,20+,21+,22+/m1/s1. The third kappa shape index (κ3) is 1.56. The van der Waals surface area contributed by atoms with Gasteiger partial charge in [0.15, 0.2) is 12.1 Å². The van der Waals surface area contributed by atoms with Crippen molar-refractivity contribution in [1.82, 2.24) is 0 Å². The minimum Gasteiger partial charge on any atom is -0.367 e. The molecule has 5 aliphatic carbocycles. The molecule has 0 radical (unpaired) electrons. The minimum absolute atomic E-state index is 0.00335. The highest BCUT2D eigenvalue weighted by Gasteiger charge is 2.79. The van der Waals surface area contributed by atoms with Crippen LogP contribution in [-0.4, -0.2) is 36.0 Å². The van der Waals surface area contributed by atoms with E-state index in [1.165, 1.54) is 18.4 Å². The van der Waals surface area contributed by atoms with E-state index in [0.29, 0.717) is 18.4 Å². The molecule has 4 bridgehead atoms. The van der Waals surface area contributed by atoms with Gasteiger partial charge in [0.2, 0.25) is 0 Å². The largest absolute Gasteiger partial charge is 0.367 e. The average Bonchev–Trinajstić information content (AvgIpc) is 2.53. The topological polar surface area (TPSA) is 47.9 Å². The molecular weight excluding hydrogens is 328 g/mol. The number of ether oxygens (including phenoxy) is 3. The van der Waals surface area contributed by atoms with E-state index in [1.54, 1.807) is 0 Å². The van der Waals surface area contributed by atoms with Gasteiger partial charge >= 0.3 is 0 Å². The second-order valence-corrected chi connectivity index (χ2v) is 10.6. The molecule has 7 aliphatic rings. The maximum absolute atomic E-state index is 11.2. The Balaban J connectivity index is 1.57. The van der Waals surface area contributed by atoms with Crippen LogP contribution in [0, 0.1) is 28.1 Å². The Labute approximate surface area is 155 Å². The molecule has 0 aromatic heterocycles. The van der Waals surface area contributed by atoms with E-state index in [0.717, 1.165) is 24.8 Å². The molecule has 2 heterocycles. The van der Waals surface area contributed by atoms with Crippen molar-refractivity contribution in [2.75, 3.05) is 6.61 Å². The SMILES string of the molecule is C=C1C=C2C[C@@]34C2[C@@]25CCC[C@@](C)(COC2O)C5C[C@H]3OC(C)(C)O[C@@H]14. The van der Waals surface area contributed by atoms with Gasteiger partial charge in [-0.25, -0.2) is 0 Å². The zero-order valence-corrected chi connectivity index (χ0v) is 16.1. The van der Waals surface area contributed by atoms with Crippen LogP contribution in [-0.2, 0) is 14.2 Å². The molecule has 2 saturated heterocycles. The normalized spacial score (nSPS) is 58.8. The Morgan fingerprint density at radius 3 is 2.77 bits per heavy atom. The number of rotatable bonds is 0. The molecular formula is C22H30O4. The van der Waals surface area contributed by atoms with E-state index >= 15 is 0 Å². The number of hydrogen-bond acceptors (Lipinski definition) is 4. The van der Waals surface area contributed by atoms with E-state index in [4.69, 9.17) is 14.2 Å². The van der Waals surface area contributed by atoms with Crippen LogP contribution in [0.15, 0.2) is 23.8 Å². The van der Waals surface area contributed by atoms with Crippen molar-refractivity contribution in [2.24, 2.45) is 28.1 Å². The summed E-state index contributed by atoms with van der Waals surface area (Å²) in [7, 11) is 0. The van der Waals surface area contributed by atoms with Crippen molar-refractivity contribution in [3.8, 4) is 0 Å². The number of fused-ring (bicyclic) bond motifs is 1. The van der Waals surface area contributed by atoms with Crippen molar-refractivity contribution in [3.05, 3.63) is 23.8 Å². The highest BCUT2D eigenvalue weighted by molar-refractivity contribution is 5.48. The lowest BCUT2D eigenvalue weighted by molar-refractivity contribution is -0.417. The molecule has 1 spiro atoms. The first kappa shape index (κ1) is 16.3. The van der Waals surface area contributed by atoms with Gasteiger partial charge in [-0.05, 0) is 56.4 Å². The number of aliphatic hydroxyl groups is 1. The van der Waals surface area contributed by atoms with Crippen LogP contribution in [0.1, 0.15) is 52.9 Å². The summed E-state index contributed by atoms with van der Waals surface area (Å²) in [4.78, 5) is 0. The summed E-state index contributed by atoms with van der Waals surface area (Å²) in [5.41, 5.74) is 2.43. The average molecular weight is 358 g/mol. The third-order valence-electron chi connectivity index (χ3n) is 8.91. The molecule has 3 saturated carbocycles. The molecule has 7 rings (SSSR count). The van der Waals surface area contributed by atoms with Crippen LogP contribution in [0.3, 0.4) is 0 Å². The summed E-state index contributed by atoms with van der Waals surface area (Å²) in [6.45, 7) is 11.4. The van der Waals surface area contributed by atoms with Gasteiger partial charge in [-0.2, -0.15) is 0 Å². The fourth-order valence-electron chi connectivity index (χ4n) is 8.23. The Kier molecular flexibility index (Phi) is 2.81. The Hall–Kier alpha value is -0.680. The number of hydrogen-bond donors (Lipinski definition) is 1. The molecule has 0 amide bonds. The lowest BCUT2D eigenvalue weighted by Gasteiger charge is -2.77. The Morgan fingerprint density at radius 1 is 1.15 bits per heavy atom. The van der Waals surface area contributed by atoms with Crippen LogP contribution in [0.4, 0.5) is 0 Å². The van der Waals surface area contributed by atoms with Crippen molar-refractivity contribution in [2.45, 2.75) is 77.2 Å². The zero-order chi connectivity index (χ0) is 18.1. The first-order chi connectivity index (χ1) is 12.2. The summed E-state index contributed by atoms with van der Waals surface area (Å²) in [6, 6.07) is 0. The van der Waals surface area contributed by atoms with Gasteiger partial charge in [-0.15, -0.1) is 0 Å². The highest BCUT2D eigenvalue weighted by atomic mass is 16.7. The molecule has 0 aromatic rings. The second-order valence-electron chi connectivity index (χ2n) is 10.6. The summed E-state index contributed by atoms with van der Waals surface area (Å²) < 4.78 is 19.1. The number of aliphatic hydroxyl groups excluding tert-OH is 1. The zero-order valence-electron chi connectivity index (χ0n) is 16.1. The molecule has 8 atom stereocenters. The van der Waals surface area contributed by atoms with Gasteiger partial charge in [0.05, 0.1) is 18.8 Å². The lowest BCUT2D eigenvalue weighted by Crippen LogP contribution is -2.79. The smallest absolute Gasteiger partial charge is 0.164 e. The maximum Gasteiger partial charge on any atom is 0.164 e. The van der Waals surface area contributed by atoms with Gasteiger partial charge in [0.1, 0.15) is 0 Å². The first-order valence-corrected chi connectivity index (χ1v) is 10.3. The molecule has 5 fully saturated rings. The Morgan fingerprint density at radius 2 is 1.96 bits per heavy atom. The predicted molar refractivity (Wildman–Crippen MR) is 96.0 cm³/mol. The van der Waals surface area contributed by atoms with E-state index in [1.807, 2.05) is 13.8 Å². The summed E-state index contributed by atoms with van der Waals surface area (Å²) in [5, 5.41) is 11.2. The molecule has 142 valence electrons. The maximum atomic E-state index is 11.2. The first-order valence-electron chi connectivity index (χ1n) is 10.3. The van der Waals surface area contributed by atoms with Crippen LogP contribution < -0.4 is 0 Å². The molecule has 4 heteroatoms. The van der Waals surface area contributed by atoms with Gasteiger partial charge in [-0.1, -0.05) is 31.6 Å². The summed E-state index contributed by atoms with van der Waals surface area (Å²) in [5.74, 6) is 0.166. The van der Waals surface area contributed by atoms with E-state index in [2.05, 4.69) is 19.6 Å². The van der Waals surface area contributed by atoms with Gasteiger partial charge < -0.3 is 19.3 Å². The van der Waals surface area contributed by atoms with E-state index in [-0.39, 0.29) is 28.5 Å².